The maximum atomic E-state index is 5.72. The van der Waals surface area contributed by atoms with E-state index in [1.54, 1.807) is 0 Å². The standard InChI is InChI=1S/C19H16N2O2/c1-12-6-8-16-14(10-12)20-18(22-16)4-3-5-19-21-15-11-13(2)7-9-17(15)23-19/h3-11,20H,1-2H3. The summed E-state index contributed by atoms with van der Waals surface area (Å²) in [5.41, 5.74) is 5.01. The monoisotopic (exact) mass is 304 g/mol. The second kappa shape index (κ2) is 5.32. The lowest BCUT2D eigenvalue weighted by Crippen LogP contribution is -1.95. The lowest BCUT2D eigenvalue weighted by molar-refractivity contribution is 0.457. The van der Waals surface area contributed by atoms with E-state index in [1.807, 2.05) is 55.5 Å². The minimum Gasteiger partial charge on any atom is -0.439 e. The van der Waals surface area contributed by atoms with Gasteiger partial charge in [-0.15, -0.1) is 0 Å². The average molecular weight is 304 g/mol. The molecule has 0 unspecified atom stereocenters. The normalized spacial score (nSPS) is 15.1. The lowest BCUT2D eigenvalue weighted by Gasteiger charge is -1.95. The van der Waals surface area contributed by atoms with Gasteiger partial charge in [-0.3, -0.25) is 0 Å². The van der Waals surface area contributed by atoms with Crippen molar-refractivity contribution >= 4 is 22.9 Å². The van der Waals surface area contributed by atoms with Crippen LogP contribution in [0.25, 0.3) is 17.2 Å². The molecule has 1 aliphatic rings. The molecule has 0 saturated carbocycles. The van der Waals surface area contributed by atoms with E-state index in [9.17, 15) is 0 Å². The number of fused-ring (bicyclic) bond motifs is 2. The van der Waals surface area contributed by atoms with Crippen molar-refractivity contribution in [1.82, 2.24) is 4.98 Å². The molecule has 4 rings (SSSR count). The van der Waals surface area contributed by atoms with Crippen LogP contribution in [0.1, 0.15) is 17.0 Å². The van der Waals surface area contributed by atoms with E-state index in [0.29, 0.717) is 11.8 Å². The van der Waals surface area contributed by atoms with Crippen LogP contribution in [0, 0.1) is 13.8 Å². The molecule has 1 aliphatic heterocycles. The number of anilines is 1. The van der Waals surface area contributed by atoms with Crippen molar-refractivity contribution in [1.29, 1.82) is 0 Å². The van der Waals surface area contributed by atoms with Crippen LogP contribution in [-0.4, -0.2) is 4.98 Å². The van der Waals surface area contributed by atoms with Gasteiger partial charge in [0.2, 0.25) is 5.89 Å². The number of hydrogen-bond acceptors (Lipinski definition) is 4. The molecule has 3 aromatic rings. The second-order valence-electron chi connectivity index (χ2n) is 5.64. The van der Waals surface area contributed by atoms with Gasteiger partial charge in [0.25, 0.3) is 0 Å². The Morgan fingerprint density at radius 1 is 1.04 bits per heavy atom. The summed E-state index contributed by atoms with van der Waals surface area (Å²) in [4.78, 5) is 4.44. The first kappa shape index (κ1) is 13.6. The Hall–Kier alpha value is -3.01. The molecule has 0 fully saturated rings. The van der Waals surface area contributed by atoms with E-state index in [1.165, 1.54) is 11.1 Å². The van der Waals surface area contributed by atoms with Crippen LogP contribution in [0.2, 0.25) is 0 Å². The van der Waals surface area contributed by atoms with Gasteiger partial charge in [0.1, 0.15) is 5.52 Å². The zero-order chi connectivity index (χ0) is 15.8. The minimum atomic E-state index is 0.578. The highest BCUT2D eigenvalue weighted by molar-refractivity contribution is 5.74. The first-order valence-corrected chi connectivity index (χ1v) is 7.48. The molecule has 4 nitrogen and oxygen atoms in total. The van der Waals surface area contributed by atoms with E-state index < -0.39 is 0 Å². The molecule has 1 N–H and O–H groups in total. The van der Waals surface area contributed by atoms with Crippen LogP contribution < -0.4 is 10.1 Å². The summed E-state index contributed by atoms with van der Waals surface area (Å²) in [5.74, 6) is 2.11. The molecule has 1 aromatic heterocycles. The van der Waals surface area contributed by atoms with E-state index in [-0.39, 0.29) is 0 Å². The molecular formula is C19H16N2O2. The van der Waals surface area contributed by atoms with E-state index in [4.69, 9.17) is 9.15 Å². The summed E-state index contributed by atoms with van der Waals surface area (Å²) < 4.78 is 11.4. The summed E-state index contributed by atoms with van der Waals surface area (Å²) in [6.07, 6.45) is 5.54. The fraction of sp³-hybridized carbons (Fsp3) is 0.105. The average Bonchev–Trinajstić information content (AvgIpc) is 3.09. The van der Waals surface area contributed by atoms with E-state index >= 15 is 0 Å². The summed E-state index contributed by atoms with van der Waals surface area (Å²) in [7, 11) is 0. The Bertz CT molecular complexity index is 951. The van der Waals surface area contributed by atoms with Gasteiger partial charge in [0, 0.05) is 6.08 Å². The molecule has 0 radical (unpaired) electrons. The highest BCUT2D eigenvalue weighted by atomic mass is 16.5. The Morgan fingerprint density at radius 3 is 2.78 bits per heavy atom. The highest BCUT2D eigenvalue weighted by Gasteiger charge is 2.15. The summed E-state index contributed by atoms with van der Waals surface area (Å²) in [6.45, 7) is 4.09. The zero-order valence-corrected chi connectivity index (χ0v) is 13.0. The molecule has 4 heteroatoms. The fourth-order valence-corrected chi connectivity index (χ4v) is 2.53. The number of aryl methyl sites for hydroxylation is 2. The molecule has 114 valence electrons. The Balaban J connectivity index is 1.53. The first-order chi connectivity index (χ1) is 11.2. The third kappa shape index (κ3) is 2.71. The maximum Gasteiger partial charge on any atom is 0.219 e. The summed E-state index contributed by atoms with van der Waals surface area (Å²) in [6, 6.07) is 12.0. The number of ether oxygens (including phenoxy) is 1. The van der Waals surface area contributed by atoms with Crippen LogP contribution in [-0.2, 0) is 0 Å². The third-order valence-electron chi connectivity index (χ3n) is 3.66. The van der Waals surface area contributed by atoms with Crippen LogP contribution in [0.4, 0.5) is 5.69 Å². The topological polar surface area (TPSA) is 47.3 Å². The number of oxazole rings is 1. The van der Waals surface area contributed by atoms with Gasteiger partial charge in [0.15, 0.2) is 17.2 Å². The predicted octanol–water partition coefficient (Wildman–Crippen LogP) is 4.80. The van der Waals surface area contributed by atoms with E-state index in [2.05, 4.69) is 23.3 Å². The van der Waals surface area contributed by atoms with Crippen molar-refractivity contribution in [3.8, 4) is 5.75 Å². The maximum absolute atomic E-state index is 5.72. The first-order valence-electron chi connectivity index (χ1n) is 7.48. The van der Waals surface area contributed by atoms with Crippen LogP contribution in [0.5, 0.6) is 5.75 Å². The number of aromatic nitrogens is 1. The van der Waals surface area contributed by atoms with Gasteiger partial charge in [-0.25, -0.2) is 4.98 Å². The van der Waals surface area contributed by atoms with Crippen molar-refractivity contribution in [3.05, 3.63) is 71.5 Å². The predicted molar refractivity (Wildman–Crippen MR) is 91.3 cm³/mol. The second-order valence-corrected chi connectivity index (χ2v) is 5.64. The number of hydrogen-bond donors (Lipinski definition) is 1. The van der Waals surface area contributed by atoms with Gasteiger partial charge in [0.05, 0.1) is 5.69 Å². The fourth-order valence-electron chi connectivity index (χ4n) is 2.53. The van der Waals surface area contributed by atoms with Crippen LogP contribution >= 0.6 is 0 Å². The van der Waals surface area contributed by atoms with Crippen molar-refractivity contribution in [3.63, 3.8) is 0 Å². The molecule has 2 aromatic carbocycles. The largest absolute Gasteiger partial charge is 0.439 e. The number of nitrogens with zero attached hydrogens (tertiary/aromatic N) is 1. The molecule has 0 spiro atoms. The summed E-state index contributed by atoms with van der Waals surface area (Å²) in [5, 5.41) is 3.23. The van der Waals surface area contributed by atoms with Gasteiger partial charge in [-0.05, 0) is 55.3 Å². The Morgan fingerprint density at radius 2 is 1.87 bits per heavy atom. The molecule has 23 heavy (non-hydrogen) atoms. The van der Waals surface area contributed by atoms with Crippen LogP contribution in [0.3, 0.4) is 0 Å². The molecule has 0 saturated heterocycles. The number of allylic oxidation sites excluding steroid dienone is 2. The summed E-state index contributed by atoms with van der Waals surface area (Å²) >= 11 is 0. The van der Waals surface area contributed by atoms with Crippen molar-refractivity contribution in [2.24, 2.45) is 0 Å². The smallest absolute Gasteiger partial charge is 0.219 e. The molecule has 0 aliphatic carbocycles. The Kier molecular flexibility index (Phi) is 3.15. The zero-order valence-electron chi connectivity index (χ0n) is 13.0. The number of benzene rings is 2. The van der Waals surface area contributed by atoms with Gasteiger partial charge < -0.3 is 14.5 Å². The molecule has 0 bridgehead atoms. The van der Waals surface area contributed by atoms with Crippen molar-refractivity contribution in [2.45, 2.75) is 13.8 Å². The van der Waals surface area contributed by atoms with Crippen molar-refractivity contribution in [2.75, 3.05) is 5.32 Å². The molecule has 2 heterocycles. The highest BCUT2D eigenvalue weighted by Crippen LogP contribution is 2.33. The molecule has 0 amide bonds. The Labute approximate surface area is 134 Å². The number of nitrogens with one attached hydrogen (secondary N) is 1. The van der Waals surface area contributed by atoms with Gasteiger partial charge in [-0.2, -0.15) is 0 Å². The van der Waals surface area contributed by atoms with Crippen LogP contribution in [0.15, 0.2) is 58.9 Å². The van der Waals surface area contributed by atoms with Gasteiger partial charge in [-0.1, -0.05) is 18.2 Å². The number of rotatable bonds is 2. The SMILES string of the molecule is Cc1ccc2c(c1)NC(=CC=Cc1nc3cc(C)ccc3o1)O2. The quantitative estimate of drug-likeness (QED) is 0.738. The van der Waals surface area contributed by atoms with E-state index in [0.717, 1.165) is 22.5 Å². The van der Waals surface area contributed by atoms with Gasteiger partial charge >= 0.3 is 0 Å². The molecular weight excluding hydrogens is 288 g/mol. The lowest BCUT2D eigenvalue weighted by atomic mass is 10.2. The molecule has 0 atom stereocenters. The minimum absolute atomic E-state index is 0.578. The van der Waals surface area contributed by atoms with Crippen molar-refractivity contribution < 1.29 is 9.15 Å². The third-order valence-corrected chi connectivity index (χ3v) is 3.66.